The molecule has 5 nitrogen and oxygen atoms in total. The molecule has 0 aromatic carbocycles. The molecule has 0 radical (unpaired) electrons. The van der Waals surface area contributed by atoms with Gasteiger partial charge in [-0.25, -0.2) is 0 Å². The SMILES string of the molecule is CC(C)CC(CN(C)C)NC(=O)CSCC(=O)O. The third-order valence-electron chi connectivity index (χ3n) is 2.17. The monoisotopic (exact) mass is 276 g/mol. The number of rotatable bonds is 9. The minimum Gasteiger partial charge on any atom is -0.481 e. The zero-order valence-corrected chi connectivity index (χ0v) is 12.4. The number of hydrogen-bond donors (Lipinski definition) is 2. The van der Waals surface area contributed by atoms with Crippen molar-refractivity contribution in [2.75, 3.05) is 32.1 Å². The summed E-state index contributed by atoms with van der Waals surface area (Å²) < 4.78 is 0. The number of aliphatic carboxylic acids is 1. The van der Waals surface area contributed by atoms with Gasteiger partial charge in [-0.3, -0.25) is 9.59 Å². The molecule has 0 aromatic heterocycles. The predicted octanol–water partition coefficient (Wildman–Crippen LogP) is 0.897. The van der Waals surface area contributed by atoms with Crippen molar-refractivity contribution in [2.24, 2.45) is 5.92 Å². The van der Waals surface area contributed by atoms with E-state index in [0.29, 0.717) is 5.92 Å². The first-order valence-corrected chi connectivity index (χ1v) is 7.20. The highest BCUT2D eigenvalue weighted by Crippen LogP contribution is 2.06. The molecule has 0 heterocycles. The van der Waals surface area contributed by atoms with E-state index < -0.39 is 5.97 Å². The topological polar surface area (TPSA) is 69.6 Å². The van der Waals surface area contributed by atoms with Crippen LogP contribution < -0.4 is 5.32 Å². The maximum Gasteiger partial charge on any atom is 0.313 e. The molecule has 1 atom stereocenters. The molecule has 0 aliphatic carbocycles. The first-order chi connectivity index (χ1) is 8.31. The molecule has 0 spiro atoms. The highest BCUT2D eigenvalue weighted by atomic mass is 32.2. The van der Waals surface area contributed by atoms with Crippen LogP contribution in [0, 0.1) is 5.92 Å². The lowest BCUT2D eigenvalue weighted by atomic mass is 10.0. The molecule has 0 rings (SSSR count). The summed E-state index contributed by atoms with van der Waals surface area (Å²) in [5.41, 5.74) is 0. The molecule has 2 N–H and O–H groups in total. The highest BCUT2D eigenvalue weighted by Gasteiger charge is 2.15. The van der Waals surface area contributed by atoms with Crippen LogP contribution in [0.5, 0.6) is 0 Å². The van der Waals surface area contributed by atoms with Crippen molar-refractivity contribution in [1.82, 2.24) is 10.2 Å². The van der Waals surface area contributed by atoms with Gasteiger partial charge in [-0.1, -0.05) is 13.8 Å². The Morgan fingerprint density at radius 3 is 2.33 bits per heavy atom. The molecule has 0 aromatic rings. The molecule has 0 fully saturated rings. The summed E-state index contributed by atoms with van der Waals surface area (Å²) in [5, 5.41) is 11.4. The maximum absolute atomic E-state index is 11.7. The average Bonchev–Trinajstić information content (AvgIpc) is 2.13. The second-order valence-corrected chi connectivity index (χ2v) is 6.03. The number of likely N-dealkylation sites (N-methyl/N-ethyl adjacent to an activating group) is 1. The standard InChI is InChI=1S/C12H24N2O3S/c1-9(2)5-10(6-14(3)4)13-11(15)7-18-8-12(16)17/h9-10H,5-8H2,1-4H3,(H,13,15)(H,16,17). The molecule has 0 aliphatic heterocycles. The Kier molecular flexibility index (Phi) is 8.83. The van der Waals surface area contributed by atoms with Crippen molar-refractivity contribution in [2.45, 2.75) is 26.3 Å². The highest BCUT2D eigenvalue weighted by molar-refractivity contribution is 8.00. The molecular formula is C12H24N2O3S. The van der Waals surface area contributed by atoms with Gasteiger partial charge in [-0.15, -0.1) is 11.8 Å². The summed E-state index contributed by atoms with van der Waals surface area (Å²) in [6, 6.07) is 0.123. The largest absolute Gasteiger partial charge is 0.481 e. The van der Waals surface area contributed by atoms with Gasteiger partial charge in [-0.05, 0) is 26.4 Å². The molecule has 0 saturated carbocycles. The summed E-state index contributed by atoms with van der Waals surface area (Å²) in [4.78, 5) is 24.0. The first kappa shape index (κ1) is 17.2. The molecule has 0 aliphatic rings. The maximum atomic E-state index is 11.7. The lowest BCUT2D eigenvalue weighted by molar-refractivity contribution is -0.133. The number of nitrogens with zero attached hydrogens (tertiary/aromatic N) is 1. The van der Waals surface area contributed by atoms with E-state index in [1.165, 1.54) is 0 Å². The van der Waals surface area contributed by atoms with E-state index in [2.05, 4.69) is 19.2 Å². The third kappa shape index (κ3) is 10.4. The molecule has 106 valence electrons. The Morgan fingerprint density at radius 1 is 1.28 bits per heavy atom. The fourth-order valence-corrected chi connectivity index (χ4v) is 2.23. The van der Waals surface area contributed by atoms with Gasteiger partial charge in [-0.2, -0.15) is 0 Å². The summed E-state index contributed by atoms with van der Waals surface area (Å²) in [7, 11) is 3.94. The summed E-state index contributed by atoms with van der Waals surface area (Å²) in [5.74, 6) is -0.292. The second-order valence-electron chi connectivity index (χ2n) is 5.04. The first-order valence-electron chi connectivity index (χ1n) is 6.05. The Morgan fingerprint density at radius 2 is 1.89 bits per heavy atom. The van der Waals surface area contributed by atoms with Crippen molar-refractivity contribution < 1.29 is 14.7 Å². The van der Waals surface area contributed by atoms with Crippen LogP contribution >= 0.6 is 11.8 Å². The molecular weight excluding hydrogens is 252 g/mol. The van der Waals surface area contributed by atoms with Crippen molar-refractivity contribution in [3.8, 4) is 0 Å². The van der Waals surface area contributed by atoms with E-state index in [4.69, 9.17) is 5.11 Å². The van der Waals surface area contributed by atoms with Gasteiger partial charge in [0.15, 0.2) is 0 Å². The van der Waals surface area contributed by atoms with E-state index in [0.717, 1.165) is 24.7 Å². The van der Waals surface area contributed by atoms with Gasteiger partial charge in [0, 0.05) is 12.6 Å². The normalized spacial score (nSPS) is 12.8. The number of carboxylic acids is 1. The zero-order chi connectivity index (χ0) is 14.1. The van der Waals surface area contributed by atoms with Crippen LogP contribution in [0.15, 0.2) is 0 Å². The number of hydrogen-bond acceptors (Lipinski definition) is 4. The molecule has 18 heavy (non-hydrogen) atoms. The van der Waals surface area contributed by atoms with E-state index in [1.54, 1.807) is 0 Å². The average molecular weight is 276 g/mol. The van der Waals surface area contributed by atoms with Crippen LogP contribution in [0.25, 0.3) is 0 Å². The fourth-order valence-electron chi connectivity index (χ4n) is 1.69. The van der Waals surface area contributed by atoms with Crippen LogP contribution in [-0.4, -0.2) is 60.1 Å². The molecule has 0 bridgehead atoms. The van der Waals surface area contributed by atoms with Gasteiger partial charge in [0.05, 0.1) is 11.5 Å². The Bertz CT molecular complexity index is 260. The predicted molar refractivity (Wildman–Crippen MR) is 74.9 cm³/mol. The van der Waals surface area contributed by atoms with Crippen molar-refractivity contribution >= 4 is 23.6 Å². The number of carbonyl (C=O) groups is 2. The van der Waals surface area contributed by atoms with Crippen molar-refractivity contribution in [3.05, 3.63) is 0 Å². The van der Waals surface area contributed by atoms with E-state index in [1.807, 2.05) is 19.0 Å². The Labute approximate surface area is 113 Å². The smallest absolute Gasteiger partial charge is 0.313 e. The second kappa shape index (κ2) is 9.22. The van der Waals surface area contributed by atoms with Crippen LogP contribution in [0.1, 0.15) is 20.3 Å². The lowest BCUT2D eigenvalue weighted by Gasteiger charge is -2.23. The van der Waals surface area contributed by atoms with Crippen LogP contribution in [0.4, 0.5) is 0 Å². The van der Waals surface area contributed by atoms with E-state index >= 15 is 0 Å². The van der Waals surface area contributed by atoms with E-state index in [9.17, 15) is 9.59 Å². The van der Waals surface area contributed by atoms with Crippen molar-refractivity contribution in [1.29, 1.82) is 0 Å². The van der Waals surface area contributed by atoms with Crippen LogP contribution in [-0.2, 0) is 9.59 Å². The fraction of sp³-hybridized carbons (Fsp3) is 0.833. The Hall–Kier alpha value is -0.750. The molecule has 6 heteroatoms. The van der Waals surface area contributed by atoms with Gasteiger partial charge in [0.2, 0.25) is 5.91 Å². The minimum absolute atomic E-state index is 0.0318. The van der Waals surface area contributed by atoms with Crippen LogP contribution in [0.2, 0.25) is 0 Å². The number of thioether (sulfide) groups is 1. The lowest BCUT2D eigenvalue weighted by Crippen LogP contribution is -2.43. The van der Waals surface area contributed by atoms with Gasteiger partial charge < -0.3 is 15.3 Å². The Balaban J connectivity index is 4.05. The summed E-state index contributed by atoms with van der Waals surface area (Å²) in [6.07, 6.45) is 0.924. The summed E-state index contributed by atoms with van der Waals surface area (Å²) >= 11 is 1.12. The number of carboxylic acid groups (broad SMARTS) is 1. The number of carbonyl (C=O) groups excluding carboxylic acids is 1. The van der Waals surface area contributed by atoms with Crippen molar-refractivity contribution in [3.63, 3.8) is 0 Å². The third-order valence-corrected chi connectivity index (χ3v) is 3.08. The molecule has 1 unspecified atom stereocenters. The van der Waals surface area contributed by atoms with Gasteiger partial charge >= 0.3 is 5.97 Å². The quantitative estimate of drug-likeness (QED) is 0.655. The van der Waals surface area contributed by atoms with Gasteiger partial charge in [0.25, 0.3) is 0 Å². The number of amides is 1. The van der Waals surface area contributed by atoms with Crippen LogP contribution in [0.3, 0.4) is 0 Å². The zero-order valence-electron chi connectivity index (χ0n) is 11.6. The number of nitrogens with one attached hydrogen (secondary N) is 1. The molecule has 1 amide bonds. The minimum atomic E-state index is -0.889. The van der Waals surface area contributed by atoms with E-state index in [-0.39, 0.29) is 23.5 Å². The van der Waals surface area contributed by atoms with Gasteiger partial charge in [0.1, 0.15) is 0 Å². The molecule has 0 saturated heterocycles. The summed E-state index contributed by atoms with van der Waals surface area (Å²) in [6.45, 7) is 5.04.